The van der Waals surface area contributed by atoms with E-state index >= 15 is 0 Å². The van der Waals surface area contributed by atoms with Crippen molar-refractivity contribution in [1.29, 1.82) is 0 Å². The van der Waals surface area contributed by atoms with Crippen LogP contribution >= 0.6 is 0 Å². The number of aromatic nitrogens is 4. The molecule has 3 aromatic rings. The maximum absolute atomic E-state index is 6.05. The van der Waals surface area contributed by atoms with Crippen LogP contribution in [-0.4, -0.2) is 38.0 Å². The molecule has 6 nitrogen and oxygen atoms in total. The van der Waals surface area contributed by atoms with E-state index in [0.29, 0.717) is 13.2 Å². The van der Waals surface area contributed by atoms with Crippen LogP contribution in [0.3, 0.4) is 0 Å². The third kappa shape index (κ3) is 3.66. The molecule has 134 valence electrons. The van der Waals surface area contributed by atoms with Gasteiger partial charge >= 0.3 is 0 Å². The first kappa shape index (κ1) is 16.9. The zero-order valence-electron chi connectivity index (χ0n) is 15.0. The summed E-state index contributed by atoms with van der Waals surface area (Å²) in [7, 11) is 1.96. The van der Waals surface area contributed by atoms with E-state index in [2.05, 4.69) is 38.4 Å². The molecular weight excluding hydrogens is 326 g/mol. The molecule has 0 saturated heterocycles. The average Bonchev–Trinajstić information content (AvgIpc) is 3.06. The maximum atomic E-state index is 6.05. The highest BCUT2D eigenvalue weighted by atomic mass is 16.5. The predicted octanol–water partition coefficient (Wildman–Crippen LogP) is 2.53. The van der Waals surface area contributed by atoms with Gasteiger partial charge in [0.2, 0.25) is 0 Å². The molecule has 0 N–H and O–H groups in total. The van der Waals surface area contributed by atoms with Crippen LogP contribution in [0.15, 0.2) is 54.7 Å². The fraction of sp³-hybridized carbons (Fsp3) is 0.350. The van der Waals surface area contributed by atoms with Crippen molar-refractivity contribution in [3.8, 4) is 0 Å². The van der Waals surface area contributed by atoms with Gasteiger partial charge in [0.15, 0.2) is 0 Å². The molecule has 0 amide bonds. The SMILES string of the molecule is Cn1nnc2c1CCN(Cc1ccccn1)C2COCc1ccccc1. The Morgan fingerprint density at radius 3 is 2.77 bits per heavy atom. The molecule has 0 aliphatic carbocycles. The third-order valence-electron chi connectivity index (χ3n) is 4.84. The highest BCUT2D eigenvalue weighted by molar-refractivity contribution is 5.20. The van der Waals surface area contributed by atoms with Crippen molar-refractivity contribution < 1.29 is 4.74 Å². The molecule has 1 aliphatic heterocycles. The number of ether oxygens (including phenoxy) is 1. The van der Waals surface area contributed by atoms with E-state index in [0.717, 1.165) is 30.9 Å². The van der Waals surface area contributed by atoms with Crippen LogP contribution in [0.1, 0.15) is 28.7 Å². The lowest BCUT2D eigenvalue weighted by molar-refractivity contribution is 0.0384. The van der Waals surface area contributed by atoms with Crippen molar-refractivity contribution >= 4 is 0 Å². The zero-order valence-corrected chi connectivity index (χ0v) is 15.0. The van der Waals surface area contributed by atoms with Gasteiger partial charge in [0.1, 0.15) is 5.69 Å². The summed E-state index contributed by atoms with van der Waals surface area (Å²) >= 11 is 0. The minimum absolute atomic E-state index is 0.0955. The van der Waals surface area contributed by atoms with Crippen LogP contribution in [0.2, 0.25) is 0 Å². The Bertz CT molecular complexity index is 834. The van der Waals surface area contributed by atoms with Crippen molar-refractivity contribution in [3.05, 3.63) is 77.4 Å². The van der Waals surface area contributed by atoms with Crippen LogP contribution in [0.4, 0.5) is 0 Å². The van der Waals surface area contributed by atoms with Crippen molar-refractivity contribution in [2.24, 2.45) is 7.05 Å². The maximum Gasteiger partial charge on any atom is 0.105 e. The quantitative estimate of drug-likeness (QED) is 0.684. The Hall–Kier alpha value is -2.57. The highest BCUT2D eigenvalue weighted by Gasteiger charge is 2.31. The molecule has 1 aliphatic rings. The van der Waals surface area contributed by atoms with Gasteiger partial charge in [-0.1, -0.05) is 41.6 Å². The van der Waals surface area contributed by atoms with Crippen LogP contribution in [-0.2, 0) is 31.4 Å². The Labute approximate surface area is 153 Å². The van der Waals surface area contributed by atoms with Crippen LogP contribution in [0.25, 0.3) is 0 Å². The first-order valence-corrected chi connectivity index (χ1v) is 8.95. The van der Waals surface area contributed by atoms with Crippen LogP contribution < -0.4 is 0 Å². The molecule has 26 heavy (non-hydrogen) atoms. The van der Waals surface area contributed by atoms with E-state index in [1.54, 1.807) is 0 Å². The first-order valence-electron chi connectivity index (χ1n) is 8.95. The summed E-state index contributed by atoms with van der Waals surface area (Å²) in [5, 5.41) is 8.65. The number of aryl methyl sites for hydroxylation is 1. The van der Waals surface area contributed by atoms with Gasteiger partial charge in [-0.2, -0.15) is 0 Å². The number of hydrogen-bond acceptors (Lipinski definition) is 5. The van der Waals surface area contributed by atoms with E-state index in [4.69, 9.17) is 4.74 Å². The summed E-state index contributed by atoms with van der Waals surface area (Å²) in [5.74, 6) is 0. The second-order valence-corrected chi connectivity index (χ2v) is 6.60. The van der Waals surface area contributed by atoms with Crippen molar-refractivity contribution in [3.63, 3.8) is 0 Å². The molecule has 3 heterocycles. The molecule has 0 radical (unpaired) electrons. The molecular formula is C20H23N5O. The normalized spacial score (nSPS) is 17.2. The van der Waals surface area contributed by atoms with E-state index in [-0.39, 0.29) is 6.04 Å². The van der Waals surface area contributed by atoms with Gasteiger partial charge < -0.3 is 4.74 Å². The topological polar surface area (TPSA) is 56.1 Å². The molecule has 2 aromatic heterocycles. The summed E-state index contributed by atoms with van der Waals surface area (Å²) < 4.78 is 7.94. The lowest BCUT2D eigenvalue weighted by atomic mass is 10.0. The second-order valence-electron chi connectivity index (χ2n) is 6.60. The number of nitrogens with zero attached hydrogens (tertiary/aromatic N) is 5. The van der Waals surface area contributed by atoms with Crippen molar-refractivity contribution in [2.75, 3.05) is 13.2 Å². The third-order valence-corrected chi connectivity index (χ3v) is 4.84. The summed E-state index contributed by atoms with van der Waals surface area (Å²) in [5.41, 5.74) is 4.48. The minimum Gasteiger partial charge on any atom is -0.375 e. The van der Waals surface area contributed by atoms with E-state index < -0.39 is 0 Å². The van der Waals surface area contributed by atoms with Crippen molar-refractivity contribution in [2.45, 2.75) is 25.6 Å². The average molecular weight is 349 g/mol. The molecule has 1 unspecified atom stereocenters. The molecule has 0 bridgehead atoms. The van der Waals surface area contributed by atoms with Gasteiger partial charge in [-0.3, -0.25) is 14.6 Å². The summed E-state index contributed by atoms with van der Waals surface area (Å²) in [6, 6.07) is 16.4. The van der Waals surface area contributed by atoms with E-state index in [1.807, 2.05) is 48.3 Å². The monoisotopic (exact) mass is 349 g/mol. The Morgan fingerprint density at radius 2 is 1.96 bits per heavy atom. The molecule has 1 aromatic carbocycles. The molecule has 0 saturated carbocycles. The smallest absolute Gasteiger partial charge is 0.105 e. The number of pyridine rings is 1. The fourth-order valence-electron chi connectivity index (χ4n) is 3.46. The van der Waals surface area contributed by atoms with Gasteiger partial charge in [0.05, 0.1) is 30.6 Å². The zero-order chi connectivity index (χ0) is 17.8. The number of hydrogen-bond donors (Lipinski definition) is 0. The largest absolute Gasteiger partial charge is 0.375 e. The highest BCUT2D eigenvalue weighted by Crippen LogP contribution is 2.29. The summed E-state index contributed by atoms with van der Waals surface area (Å²) in [6.07, 6.45) is 2.79. The minimum atomic E-state index is 0.0955. The lowest BCUT2D eigenvalue weighted by Crippen LogP contribution is -2.38. The van der Waals surface area contributed by atoms with Crippen LogP contribution in [0.5, 0.6) is 0 Å². The second kappa shape index (κ2) is 7.76. The molecule has 6 heteroatoms. The fourth-order valence-corrected chi connectivity index (χ4v) is 3.46. The summed E-state index contributed by atoms with van der Waals surface area (Å²) in [6.45, 7) is 2.93. The number of fused-ring (bicyclic) bond motifs is 1. The van der Waals surface area contributed by atoms with Gasteiger partial charge in [0.25, 0.3) is 0 Å². The predicted molar refractivity (Wildman–Crippen MR) is 98.2 cm³/mol. The number of rotatable bonds is 6. The van der Waals surface area contributed by atoms with Gasteiger partial charge in [-0.15, -0.1) is 5.10 Å². The van der Waals surface area contributed by atoms with Crippen LogP contribution in [0, 0.1) is 0 Å². The molecule has 1 atom stereocenters. The Balaban J connectivity index is 1.49. The van der Waals surface area contributed by atoms with Gasteiger partial charge in [0, 0.05) is 32.8 Å². The lowest BCUT2D eigenvalue weighted by Gasteiger charge is -2.34. The number of benzene rings is 1. The first-order chi connectivity index (χ1) is 12.8. The summed E-state index contributed by atoms with van der Waals surface area (Å²) in [4.78, 5) is 6.87. The molecule has 0 spiro atoms. The Kier molecular flexibility index (Phi) is 5.04. The Morgan fingerprint density at radius 1 is 1.12 bits per heavy atom. The standard InChI is InChI=1S/C20H23N5O/c1-24-18-10-12-25(13-17-9-5-6-11-21-17)19(20(18)22-23-24)15-26-14-16-7-3-2-4-8-16/h2-9,11,19H,10,12-15H2,1H3. The van der Waals surface area contributed by atoms with E-state index in [1.165, 1.54) is 11.3 Å². The van der Waals surface area contributed by atoms with E-state index in [9.17, 15) is 0 Å². The molecule has 4 rings (SSSR count). The molecule has 0 fully saturated rings. The van der Waals surface area contributed by atoms with Gasteiger partial charge in [-0.25, -0.2) is 0 Å². The van der Waals surface area contributed by atoms with Gasteiger partial charge in [-0.05, 0) is 17.7 Å². The van der Waals surface area contributed by atoms with Crippen molar-refractivity contribution in [1.82, 2.24) is 24.9 Å².